The minimum Gasteiger partial charge on any atom is -0.356 e. The highest BCUT2D eigenvalue weighted by atomic mass is 14.9. The molecule has 3 aromatic carbocycles. The van der Waals surface area contributed by atoms with Gasteiger partial charge in [-0.3, -0.25) is 0 Å². The average molecular weight is 247 g/mol. The van der Waals surface area contributed by atoms with Gasteiger partial charge in [-0.1, -0.05) is 36.4 Å². The number of fused-ring (bicyclic) bond motifs is 1. The Bertz CT molecular complexity index is 714. The van der Waals surface area contributed by atoms with Crippen molar-refractivity contribution in [2.24, 2.45) is 0 Å². The molecule has 0 aromatic heterocycles. The van der Waals surface area contributed by atoms with Crippen molar-refractivity contribution in [2.75, 3.05) is 5.32 Å². The standard InChI is InChI=1S/C18H17N/c1-13-7-6-8-15-12-17(11-14(2)18(13)15)19-16-9-4-3-5-10-16/h3-12,19H,1-2H3. The van der Waals surface area contributed by atoms with Crippen LogP contribution >= 0.6 is 0 Å². The van der Waals surface area contributed by atoms with Crippen molar-refractivity contribution >= 4 is 22.1 Å². The highest BCUT2D eigenvalue weighted by Gasteiger charge is 2.03. The quantitative estimate of drug-likeness (QED) is 0.656. The molecule has 1 nitrogen and oxygen atoms in total. The van der Waals surface area contributed by atoms with Gasteiger partial charge in [-0.05, 0) is 60.0 Å². The maximum Gasteiger partial charge on any atom is 0.0393 e. The summed E-state index contributed by atoms with van der Waals surface area (Å²) < 4.78 is 0. The molecule has 1 N–H and O–H groups in total. The van der Waals surface area contributed by atoms with Crippen molar-refractivity contribution < 1.29 is 0 Å². The van der Waals surface area contributed by atoms with Gasteiger partial charge in [0.1, 0.15) is 0 Å². The molecular weight excluding hydrogens is 230 g/mol. The van der Waals surface area contributed by atoms with Crippen molar-refractivity contribution in [1.82, 2.24) is 0 Å². The van der Waals surface area contributed by atoms with Gasteiger partial charge in [0.15, 0.2) is 0 Å². The Labute approximate surface area is 113 Å². The molecule has 94 valence electrons. The average Bonchev–Trinajstić information content (AvgIpc) is 2.39. The van der Waals surface area contributed by atoms with Crippen molar-refractivity contribution in [1.29, 1.82) is 0 Å². The lowest BCUT2D eigenvalue weighted by atomic mass is 10.00. The third-order valence-corrected chi connectivity index (χ3v) is 3.44. The van der Waals surface area contributed by atoms with Crippen LogP contribution in [0.4, 0.5) is 11.4 Å². The Balaban J connectivity index is 2.07. The first-order valence-electron chi connectivity index (χ1n) is 6.56. The number of anilines is 2. The molecule has 3 aromatic rings. The molecule has 19 heavy (non-hydrogen) atoms. The summed E-state index contributed by atoms with van der Waals surface area (Å²) in [5.74, 6) is 0. The second-order valence-corrected chi connectivity index (χ2v) is 4.96. The molecule has 0 spiro atoms. The van der Waals surface area contributed by atoms with Crippen LogP contribution in [0.2, 0.25) is 0 Å². The number of para-hydroxylation sites is 1. The Morgan fingerprint density at radius 1 is 0.684 bits per heavy atom. The molecule has 1 heteroatoms. The van der Waals surface area contributed by atoms with E-state index in [1.54, 1.807) is 0 Å². The molecule has 0 saturated carbocycles. The zero-order valence-corrected chi connectivity index (χ0v) is 11.3. The summed E-state index contributed by atoms with van der Waals surface area (Å²) in [5, 5.41) is 6.11. The summed E-state index contributed by atoms with van der Waals surface area (Å²) in [6.07, 6.45) is 0. The second kappa shape index (κ2) is 4.77. The van der Waals surface area contributed by atoms with E-state index in [1.807, 2.05) is 18.2 Å². The maximum absolute atomic E-state index is 3.46. The van der Waals surface area contributed by atoms with E-state index >= 15 is 0 Å². The molecular formula is C18H17N. The molecule has 0 saturated heterocycles. The summed E-state index contributed by atoms with van der Waals surface area (Å²) in [7, 11) is 0. The molecule has 0 atom stereocenters. The largest absolute Gasteiger partial charge is 0.356 e. The van der Waals surface area contributed by atoms with Crippen LogP contribution in [0.3, 0.4) is 0 Å². The Morgan fingerprint density at radius 2 is 1.47 bits per heavy atom. The lowest BCUT2D eigenvalue weighted by Gasteiger charge is -2.11. The van der Waals surface area contributed by atoms with E-state index in [-0.39, 0.29) is 0 Å². The number of benzene rings is 3. The summed E-state index contributed by atoms with van der Waals surface area (Å²) in [6.45, 7) is 4.34. The maximum atomic E-state index is 3.46. The summed E-state index contributed by atoms with van der Waals surface area (Å²) >= 11 is 0. The second-order valence-electron chi connectivity index (χ2n) is 4.96. The van der Waals surface area contributed by atoms with Crippen LogP contribution < -0.4 is 5.32 Å². The minimum absolute atomic E-state index is 1.12. The lowest BCUT2D eigenvalue weighted by Crippen LogP contribution is -1.92. The van der Waals surface area contributed by atoms with Crippen molar-refractivity contribution in [3.63, 3.8) is 0 Å². The third kappa shape index (κ3) is 2.32. The molecule has 0 unspecified atom stereocenters. The highest BCUT2D eigenvalue weighted by molar-refractivity contribution is 5.92. The van der Waals surface area contributed by atoms with Crippen molar-refractivity contribution in [2.45, 2.75) is 13.8 Å². The smallest absolute Gasteiger partial charge is 0.0393 e. The van der Waals surface area contributed by atoms with E-state index in [1.165, 1.54) is 21.9 Å². The molecule has 0 aliphatic carbocycles. The number of aryl methyl sites for hydroxylation is 2. The Morgan fingerprint density at radius 3 is 2.26 bits per heavy atom. The van der Waals surface area contributed by atoms with Crippen LogP contribution in [0.5, 0.6) is 0 Å². The highest BCUT2D eigenvalue weighted by Crippen LogP contribution is 2.27. The van der Waals surface area contributed by atoms with E-state index in [0.717, 1.165) is 11.4 Å². The number of nitrogens with one attached hydrogen (secondary N) is 1. The van der Waals surface area contributed by atoms with Crippen LogP contribution in [0.15, 0.2) is 60.7 Å². The van der Waals surface area contributed by atoms with E-state index in [0.29, 0.717) is 0 Å². The monoisotopic (exact) mass is 247 g/mol. The van der Waals surface area contributed by atoms with Crippen LogP contribution in [0.25, 0.3) is 10.8 Å². The van der Waals surface area contributed by atoms with Gasteiger partial charge >= 0.3 is 0 Å². The third-order valence-electron chi connectivity index (χ3n) is 3.44. The van der Waals surface area contributed by atoms with Gasteiger partial charge in [-0.15, -0.1) is 0 Å². The van der Waals surface area contributed by atoms with Gasteiger partial charge in [0.2, 0.25) is 0 Å². The van der Waals surface area contributed by atoms with Gasteiger partial charge in [-0.2, -0.15) is 0 Å². The van der Waals surface area contributed by atoms with Crippen molar-refractivity contribution in [3.05, 3.63) is 71.8 Å². The SMILES string of the molecule is Cc1cccc2cc(Nc3ccccc3)cc(C)c12. The molecule has 0 bridgehead atoms. The van der Waals surface area contributed by atoms with Gasteiger partial charge in [0.25, 0.3) is 0 Å². The van der Waals surface area contributed by atoms with Crippen molar-refractivity contribution in [3.8, 4) is 0 Å². The van der Waals surface area contributed by atoms with Crippen LogP contribution in [0.1, 0.15) is 11.1 Å². The number of hydrogen-bond acceptors (Lipinski definition) is 1. The van der Waals surface area contributed by atoms with Crippen LogP contribution in [-0.4, -0.2) is 0 Å². The Kier molecular flexibility index (Phi) is 2.96. The van der Waals surface area contributed by atoms with Gasteiger partial charge in [0, 0.05) is 11.4 Å². The number of hydrogen-bond donors (Lipinski definition) is 1. The fourth-order valence-electron chi connectivity index (χ4n) is 2.62. The van der Waals surface area contributed by atoms with E-state index in [4.69, 9.17) is 0 Å². The van der Waals surface area contributed by atoms with Gasteiger partial charge < -0.3 is 5.32 Å². The van der Waals surface area contributed by atoms with E-state index < -0.39 is 0 Å². The molecule has 0 heterocycles. The minimum atomic E-state index is 1.12. The normalized spacial score (nSPS) is 10.6. The lowest BCUT2D eigenvalue weighted by molar-refractivity contribution is 1.45. The zero-order valence-electron chi connectivity index (χ0n) is 11.3. The molecule has 0 amide bonds. The molecule has 0 fully saturated rings. The zero-order chi connectivity index (χ0) is 13.2. The van der Waals surface area contributed by atoms with Gasteiger partial charge in [-0.25, -0.2) is 0 Å². The predicted octanol–water partition coefficient (Wildman–Crippen LogP) is 5.20. The molecule has 3 rings (SSSR count). The number of rotatable bonds is 2. The summed E-state index contributed by atoms with van der Waals surface area (Å²) in [6, 6.07) is 21.1. The molecule has 0 radical (unpaired) electrons. The van der Waals surface area contributed by atoms with E-state index in [2.05, 4.69) is 61.6 Å². The van der Waals surface area contributed by atoms with E-state index in [9.17, 15) is 0 Å². The Hall–Kier alpha value is -2.28. The molecule has 0 aliphatic rings. The first-order chi connectivity index (χ1) is 9.24. The topological polar surface area (TPSA) is 12.0 Å². The molecule has 0 aliphatic heterocycles. The summed E-state index contributed by atoms with van der Waals surface area (Å²) in [5.41, 5.74) is 4.91. The first kappa shape index (κ1) is 11.8. The van der Waals surface area contributed by atoms with Crippen LogP contribution in [0, 0.1) is 13.8 Å². The fraction of sp³-hybridized carbons (Fsp3) is 0.111. The van der Waals surface area contributed by atoms with Gasteiger partial charge in [0.05, 0.1) is 0 Å². The van der Waals surface area contributed by atoms with Crippen LogP contribution in [-0.2, 0) is 0 Å². The predicted molar refractivity (Wildman–Crippen MR) is 83.1 cm³/mol. The summed E-state index contributed by atoms with van der Waals surface area (Å²) in [4.78, 5) is 0. The fourth-order valence-corrected chi connectivity index (χ4v) is 2.62. The first-order valence-corrected chi connectivity index (χ1v) is 6.56.